The highest BCUT2D eigenvalue weighted by Gasteiger charge is 2.16. The average Bonchev–Trinajstić information content (AvgIpc) is 2.47. The van der Waals surface area contributed by atoms with Crippen molar-refractivity contribution in [2.24, 2.45) is 0 Å². The molecule has 0 unspecified atom stereocenters. The third-order valence-corrected chi connectivity index (χ3v) is 2.55. The fraction of sp³-hybridized carbons (Fsp3) is 0.200. The second-order valence-electron chi connectivity index (χ2n) is 4.51. The standard InChI is InChI=1S/C15H14N4O2/c1-10(2)21-15-12(4-3-6-18-15)14(20)19-13-5-7-17-9-11(13)8-16/h3-7,9-10H,1-2H3,(H,17,19,20). The van der Waals surface area contributed by atoms with Crippen LogP contribution in [0.2, 0.25) is 0 Å². The summed E-state index contributed by atoms with van der Waals surface area (Å²) >= 11 is 0. The summed E-state index contributed by atoms with van der Waals surface area (Å²) in [5.74, 6) is -0.126. The molecular weight excluding hydrogens is 268 g/mol. The molecular formula is C15H14N4O2. The van der Waals surface area contributed by atoms with Gasteiger partial charge < -0.3 is 10.1 Å². The first-order valence-corrected chi connectivity index (χ1v) is 6.39. The Morgan fingerprint density at radius 2 is 2.19 bits per heavy atom. The maximum Gasteiger partial charge on any atom is 0.261 e. The van der Waals surface area contributed by atoms with Gasteiger partial charge in [0.2, 0.25) is 5.88 Å². The van der Waals surface area contributed by atoms with Gasteiger partial charge in [0.15, 0.2) is 0 Å². The van der Waals surface area contributed by atoms with Crippen molar-refractivity contribution in [2.45, 2.75) is 20.0 Å². The Hall–Kier alpha value is -2.94. The predicted octanol–water partition coefficient (Wildman–Crippen LogP) is 2.39. The number of hydrogen-bond acceptors (Lipinski definition) is 5. The SMILES string of the molecule is CC(C)Oc1ncccc1C(=O)Nc1ccncc1C#N. The van der Waals surface area contributed by atoms with Gasteiger partial charge in [0.25, 0.3) is 5.91 Å². The van der Waals surface area contributed by atoms with Gasteiger partial charge in [0, 0.05) is 18.6 Å². The van der Waals surface area contributed by atoms with Gasteiger partial charge in [-0.3, -0.25) is 9.78 Å². The number of nitrogens with zero attached hydrogens (tertiary/aromatic N) is 3. The van der Waals surface area contributed by atoms with Crippen molar-refractivity contribution in [3.63, 3.8) is 0 Å². The molecule has 0 radical (unpaired) electrons. The highest BCUT2D eigenvalue weighted by atomic mass is 16.5. The molecule has 0 aliphatic carbocycles. The summed E-state index contributed by atoms with van der Waals surface area (Å²) in [7, 11) is 0. The molecule has 0 saturated carbocycles. The summed E-state index contributed by atoms with van der Waals surface area (Å²) < 4.78 is 5.51. The molecule has 1 N–H and O–H groups in total. The van der Waals surface area contributed by atoms with Crippen LogP contribution in [0.4, 0.5) is 5.69 Å². The molecule has 6 nitrogen and oxygen atoms in total. The lowest BCUT2D eigenvalue weighted by Crippen LogP contribution is -2.17. The largest absolute Gasteiger partial charge is 0.474 e. The zero-order valence-corrected chi connectivity index (χ0v) is 11.7. The molecule has 0 aliphatic heterocycles. The minimum absolute atomic E-state index is 0.0953. The number of aromatic nitrogens is 2. The Morgan fingerprint density at radius 3 is 2.90 bits per heavy atom. The topological polar surface area (TPSA) is 87.9 Å². The Bertz CT molecular complexity index is 692. The van der Waals surface area contributed by atoms with Crippen LogP contribution in [0.3, 0.4) is 0 Å². The minimum Gasteiger partial charge on any atom is -0.474 e. The minimum atomic E-state index is -0.388. The lowest BCUT2D eigenvalue weighted by Gasteiger charge is -2.13. The third kappa shape index (κ3) is 3.54. The van der Waals surface area contributed by atoms with Crippen LogP contribution in [0.5, 0.6) is 5.88 Å². The van der Waals surface area contributed by atoms with Gasteiger partial charge in [0.05, 0.1) is 17.4 Å². The first-order valence-electron chi connectivity index (χ1n) is 6.39. The van der Waals surface area contributed by atoms with E-state index in [4.69, 9.17) is 10.00 Å². The Kier molecular flexibility index (Phi) is 4.46. The van der Waals surface area contributed by atoms with Crippen LogP contribution in [0.25, 0.3) is 0 Å². The first-order chi connectivity index (χ1) is 10.1. The summed E-state index contributed by atoms with van der Waals surface area (Å²) in [6, 6.07) is 6.81. The van der Waals surface area contributed by atoms with E-state index in [1.54, 1.807) is 24.4 Å². The molecule has 0 saturated heterocycles. The lowest BCUT2D eigenvalue weighted by atomic mass is 10.2. The van der Waals surface area contributed by atoms with Gasteiger partial charge in [-0.05, 0) is 32.0 Å². The van der Waals surface area contributed by atoms with E-state index >= 15 is 0 Å². The van der Waals surface area contributed by atoms with E-state index in [0.29, 0.717) is 16.8 Å². The maximum absolute atomic E-state index is 12.3. The van der Waals surface area contributed by atoms with Crippen molar-refractivity contribution in [3.05, 3.63) is 47.9 Å². The number of amides is 1. The second kappa shape index (κ2) is 6.48. The number of nitriles is 1. The van der Waals surface area contributed by atoms with Crippen molar-refractivity contribution >= 4 is 11.6 Å². The third-order valence-electron chi connectivity index (χ3n) is 2.55. The van der Waals surface area contributed by atoms with Crippen molar-refractivity contribution < 1.29 is 9.53 Å². The van der Waals surface area contributed by atoms with E-state index in [-0.39, 0.29) is 17.9 Å². The Labute approximate surface area is 122 Å². The number of nitrogens with one attached hydrogen (secondary N) is 1. The van der Waals surface area contributed by atoms with Crippen LogP contribution in [0, 0.1) is 11.3 Å². The van der Waals surface area contributed by atoms with Crippen LogP contribution in [0.1, 0.15) is 29.8 Å². The molecule has 106 valence electrons. The van der Waals surface area contributed by atoms with Gasteiger partial charge in [0.1, 0.15) is 11.6 Å². The molecule has 0 aliphatic rings. The van der Waals surface area contributed by atoms with Crippen LogP contribution in [-0.2, 0) is 0 Å². The van der Waals surface area contributed by atoms with Gasteiger partial charge in [-0.2, -0.15) is 5.26 Å². The second-order valence-corrected chi connectivity index (χ2v) is 4.51. The molecule has 2 aromatic rings. The summed E-state index contributed by atoms with van der Waals surface area (Å²) in [6.45, 7) is 3.71. The molecule has 0 aromatic carbocycles. The number of ether oxygens (including phenoxy) is 1. The zero-order chi connectivity index (χ0) is 15.2. The number of anilines is 1. The summed E-state index contributed by atoms with van der Waals surface area (Å²) in [4.78, 5) is 20.2. The molecule has 6 heteroatoms. The summed E-state index contributed by atoms with van der Waals surface area (Å²) in [5.41, 5.74) is 1.00. The van der Waals surface area contributed by atoms with E-state index in [0.717, 1.165) is 0 Å². The number of pyridine rings is 2. The number of rotatable bonds is 4. The maximum atomic E-state index is 12.3. The fourth-order valence-electron chi connectivity index (χ4n) is 1.66. The molecule has 2 heterocycles. The van der Waals surface area contributed by atoms with Gasteiger partial charge >= 0.3 is 0 Å². The number of hydrogen-bond donors (Lipinski definition) is 1. The number of carbonyl (C=O) groups is 1. The van der Waals surface area contributed by atoms with E-state index in [2.05, 4.69) is 15.3 Å². The molecule has 0 bridgehead atoms. The molecule has 0 spiro atoms. The van der Waals surface area contributed by atoms with Crippen molar-refractivity contribution in [2.75, 3.05) is 5.32 Å². The smallest absolute Gasteiger partial charge is 0.261 e. The van der Waals surface area contributed by atoms with Crippen LogP contribution < -0.4 is 10.1 Å². The van der Waals surface area contributed by atoms with Crippen molar-refractivity contribution in [1.82, 2.24) is 9.97 Å². The van der Waals surface area contributed by atoms with E-state index in [1.165, 1.54) is 12.4 Å². The Balaban J connectivity index is 2.27. The molecule has 0 fully saturated rings. The van der Waals surface area contributed by atoms with Gasteiger partial charge in [-0.25, -0.2) is 4.98 Å². The van der Waals surface area contributed by atoms with E-state index in [1.807, 2.05) is 19.9 Å². The fourth-order valence-corrected chi connectivity index (χ4v) is 1.66. The van der Waals surface area contributed by atoms with Crippen LogP contribution >= 0.6 is 0 Å². The molecule has 1 amide bonds. The molecule has 2 aromatic heterocycles. The average molecular weight is 282 g/mol. The number of carbonyl (C=O) groups excluding carboxylic acids is 1. The van der Waals surface area contributed by atoms with Crippen LogP contribution in [0.15, 0.2) is 36.8 Å². The quantitative estimate of drug-likeness (QED) is 0.930. The first kappa shape index (κ1) is 14.5. The molecule has 0 atom stereocenters. The highest BCUT2D eigenvalue weighted by molar-refractivity contribution is 6.06. The van der Waals surface area contributed by atoms with Crippen LogP contribution in [-0.4, -0.2) is 22.0 Å². The highest BCUT2D eigenvalue weighted by Crippen LogP contribution is 2.19. The predicted molar refractivity (Wildman–Crippen MR) is 76.9 cm³/mol. The molecule has 2 rings (SSSR count). The zero-order valence-electron chi connectivity index (χ0n) is 11.7. The van der Waals surface area contributed by atoms with Crippen molar-refractivity contribution in [1.29, 1.82) is 5.26 Å². The van der Waals surface area contributed by atoms with Gasteiger partial charge in [-0.1, -0.05) is 0 Å². The summed E-state index contributed by atoms with van der Waals surface area (Å²) in [6.07, 6.45) is 4.36. The summed E-state index contributed by atoms with van der Waals surface area (Å²) in [5, 5.41) is 11.7. The normalized spacial score (nSPS) is 10.0. The molecule has 21 heavy (non-hydrogen) atoms. The van der Waals surface area contributed by atoms with Gasteiger partial charge in [-0.15, -0.1) is 0 Å². The Morgan fingerprint density at radius 1 is 1.38 bits per heavy atom. The monoisotopic (exact) mass is 282 g/mol. The lowest BCUT2D eigenvalue weighted by molar-refractivity contribution is 0.102. The van der Waals surface area contributed by atoms with E-state index in [9.17, 15) is 4.79 Å². The van der Waals surface area contributed by atoms with E-state index < -0.39 is 0 Å². The van der Waals surface area contributed by atoms with Crippen molar-refractivity contribution in [3.8, 4) is 11.9 Å².